The minimum absolute atomic E-state index is 0.339. The van der Waals surface area contributed by atoms with E-state index in [1.807, 2.05) is 6.92 Å². The summed E-state index contributed by atoms with van der Waals surface area (Å²) in [4.78, 5) is 0. The van der Waals surface area contributed by atoms with Crippen molar-refractivity contribution >= 4 is 0 Å². The Morgan fingerprint density at radius 2 is 2.10 bits per heavy atom. The first-order chi connectivity index (χ1) is 10.1. The Morgan fingerprint density at radius 3 is 2.81 bits per heavy atom. The molecule has 0 bridgehead atoms. The van der Waals surface area contributed by atoms with Crippen LogP contribution in [0.4, 0.5) is 0 Å². The van der Waals surface area contributed by atoms with Crippen molar-refractivity contribution in [2.24, 2.45) is 5.92 Å². The van der Waals surface area contributed by atoms with Crippen LogP contribution >= 0.6 is 0 Å². The van der Waals surface area contributed by atoms with Gasteiger partial charge in [-0.1, -0.05) is 19.3 Å². The fourth-order valence-corrected chi connectivity index (χ4v) is 3.91. The Labute approximate surface area is 127 Å². The summed E-state index contributed by atoms with van der Waals surface area (Å²) in [6.07, 6.45) is 11.6. The Balaban J connectivity index is 1.62. The maximum atomic E-state index is 10.8. The van der Waals surface area contributed by atoms with E-state index in [2.05, 4.69) is 22.3 Å². The molecule has 0 spiro atoms. The second-order valence-electron chi connectivity index (χ2n) is 7.16. The minimum atomic E-state index is -0.654. The van der Waals surface area contributed by atoms with Gasteiger partial charge in [-0.15, -0.1) is 0 Å². The number of hydrogen-bond donors (Lipinski definition) is 2. The monoisotopic (exact) mass is 291 g/mol. The smallest absolute Gasteiger partial charge is 0.0715 e. The average molecular weight is 291 g/mol. The lowest BCUT2D eigenvalue weighted by Gasteiger charge is -2.35. The third kappa shape index (κ3) is 3.67. The number of aliphatic hydroxyl groups is 1. The highest BCUT2D eigenvalue weighted by atomic mass is 16.3. The van der Waals surface area contributed by atoms with Gasteiger partial charge in [-0.2, -0.15) is 5.10 Å². The molecule has 0 radical (unpaired) electrons. The largest absolute Gasteiger partial charge is 0.389 e. The van der Waals surface area contributed by atoms with Gasteiger partial charge in [0.1, 0.15) is 0 Å². The molecule has 1 aliphatic carbocycles. The van der Waals surface area contributed by atoms with Gasteiger partial charge < -0.3 is 10.4 Å². The number of piperidine rings is 1. The highest BCUT2D eigenvalue weighted by molar-refractivity contribution is 5.06. The van der Waals surface area contributed by atoms with E-state index in [0.717, 1.165) is 31.6 Å². The van der Waals surface area contributed by atoms with Gasteiger partial charge in [-0.05, 0) is 45.2 Å². The number of nitrogens with zero attached hydrogens (tertiary/aromatic N) is 2. The fraction of sp³-hybridized carbons (Fsp3) is 0.824. The molecular weight excluding hydrogens is 262 g/mol. The molecule has 2 N–H and O–H groups in total. The van der Waals surface area contributed by atoms with Crippen molar-refractivity contribution in [1.29, 1.82) is 0 Å². The van der Waals surface area contributed by atoms with Gasteiger partial charge >= 0.3 is 0 Å². The maximum absolute atomic E-state index is 10.8. The van der Waals surface area contributed by atoms with Crippen LogP contribution in [0.1, 0.15) is 63.6 Å². The van der Waals surface area contributed by atoms with E-state index in [9.17, 15) is 5.11 Å². The Hall–Kier alpha value is -0.870. The van der Waals surface area contributed by atoms with Crippen LogP contribution in [-0.2, 0) is 6.42 Å². The maximum Gasteiger partial charge on any atom is 0.0715 e. The van der Waals surface area contributed by atoms with Crippen LogP contribution in [0.3, 0.4) is 0 Å². The van der Waals surface area contributed by atoms with E-state index in [1.54, 1.807) is 0 Å². The molecule has 4 heteroatoms. The second-order valence-corrected chi connectivity index (χ2v) is 7.16. The number of rotatable bonds is 4. The molecule has 1 aliphatic heterocycles. The topological polar surface area (TPSA) is 50.1 Å². The Bertz CT molecular complexity index is 443. The van der Waals surface area contributed by atoms with Gasteiger partial charge in [0, 0.05) is 25.1 Å². The lowest BCUT2D eigenvalue weighted by Crippen LogP contribution is -2.45. The molecule has 2 atom stereocenters. The number of aromatic nitrogens is 2. The van der Waals surface area contributed by atoms with Gasteiger partial charge in [0.15, 0.2) is 0 Å². The van der Waals surface area contributed by atoms with Crippen LogP contribution in [0.15, 0.2) is 12.3 Å². The summed E-state index contributed by atoms with van der Waals surface area (Å²) < 4.78 is 2.14. The van der Waals surface area contributed by atoms with Gasteiger partial charge in [0.25, 0.3) is 0 Å². The standard InChI is InChI=1S/C17H29N3O/c1-17(21,14-6-5-10-18-13-14)12-15-9-11-20(19-15)16-7-3-2-4-8-16/h9,11,14,16,18,21H,2-8,10,12-13H2,1H3. The van der Waals surface area contributed by atoms with Crippen LogP contribution in [-0.4, -0.2) is 33.6 Å². The van der Waals surface area contributed by atoms with Crippen LogP contribution in [0.2, 0.25) is 0 Å². The summed E-state index contributed by atoms with van der Waals surface area (Å²) >= 11 is 0. The van der Waals surface area contributed by atoms with Crippen LogP contribution in [0, 0.1) is 5.92 Å². The molecule has 2 fully saturated rings. The summed E-state index contributed by atoms with van der Waals surface area (Å²) in [5.41, 5.74) is 0.384. The molecule has 1 saturated carbocycles. The zero-order chi connectivity index (χ0) is 14.7. The van der Waals surface area contributed by atoms with Gasteiger partial charge in [-0.25, -0.2) is 0 Å². The van der Waals surface area contributed by atoms with Gasteiger partial charge in [-0.3, -0.25) is 4.68 Å². The highest BCUT2D eigenvalue weighted by Gasteiger charge is 2.33. The van der Waals surface area contributed by atoms with E-state index < -0.39 is 5.60 Å². The summed E-state index contributed by atoms with van der Waals surface area (Å²) in [5.74, 6) is 0.339. The van der Waals surface area contributed by atoms with E-state index >= 15 is 0 Å². The molecule has 2 heterocycles. The predicted molar refractivity (Wildman–Crippen MR) is 84.3 cm³/mol. The van der Waals surface area contributed by atoms with Crippen molar-refractivity contribution in [3.8, 4) is 0 Å². The van der Waals surface area contributed by atoms with Crippen molar-refractivity contribution in [2.75, 3.05) is 13.1 Å². The van der Waals surface area contributed by atoms with Gasteiger partial charge in [0.2, 0.25) is 0 Å². The van der Waals surface area contributed by atoms with Gasteiger partial charge in [0.05, 0.1) is 17.3 Å². The Kier molecular flexibility index (Phi) is 4.65. The first-order valence-electron chi connectivity index (χ1n) is 8.62. The minimum Gasteiger partial charge on any atom is -0.389 e. The normalized spacial score (nSPS) is 27.4. The number of hydrogen-bond acceptors (Lipinski definition) is 3. The molecule has 2 aliphatic rings. The molecular formula is C17H29N3O. The van der Waals surface area contributed by atoms with Crippen molar-refractivity contribution < 1.29 is 5.11 Å². The molecule has 3 rings (SSSR count). The lowest BCUT2D eigenvalue weighted by atomic mass is 9.80. The molecule has 0 aromatic carbocycles. The summed E-state index contributed by atoms with van der Waals surface area (Å²) in [5, 5.41) is 19.0. The molecule has 2 unspecified atom stereocenters. The van der Waals surface area contributed by atoms with Crippen LogP contribution in [0.5, 0.6) is 0 Å². The molecule has 118 valence electrons. The highest BCUT2D eigenvalue weighted by Crippen LogP contribution is 2.29. The molecule has 1 aromatic rings. The van der Waals surface area contributed by atoms with E-state index in [0.29, 0.717) is 18.4 Å². The summed E-state index contributed by atoms with van der Waals surface area (Å²) in [6.45, 7) is 3.99. The summed E-state index contributed by atoms with van der Waals surface area (Å²) in [6, 6.07) is 2.67. The quantitative estimate of drug-likeness (QED) is 0.896. The molecule has 21 heavy (non-hydrogen) atoms. The third-order valence-electron chi connectivity index (χ3n) is 5.33. The van der Waals surface area contributed by atoms with Crippen molar-refractivity contribution in [3.63, 3.8) is 0 Å². The predicted octanol–water partition coefficient (Wildman–Crippen LogP) is 2.68. The zero-order valence-corrected chi connectivity index (χ0v) is 13.2. The molecule has 1 aromatic heterocycles. The summed E-state index contributed by atoms with van der Waals surface area (Å²) in [7, 11) is 0. The second kappa shape index (κ2) is 6.49. The zero-order valence-electron chi connectivity index (χ0n) is 13.2. The molecule has 4 nitrogen and oxygen atoms in total. The SMILES string of the molecule is CC(O)(Cc1ccn(C2CCCCC2)n1)C1CCCNC1. The molecule has 1 saturated heterocycles. The first-order valence-corrected chi connectivity index (χ1v) is 8.62. The molecule has 0 amide bonds. The first kappa shape index (κ1) is 15.0. The van der Waals surface area contributed by atoms with E-state index in [4.69, 9.17) is 5.10 Å². The number of nitrogens with one attached hydrogen (secondary N) is 1. The van der Waals surface area contributed by atoms with Crippen molar-refractivity contribution in [2.45, 2.75) is 69.9 Å². The average Bonchev–Trinajstić information content (AvgIpc) is 2.97. The van der Waals surface area contributed by atoms with E-state index in [-0.39, 0.29) is 0 Å². The van der Waals surface area contributed by atoms with E-state index in [1.165, 1.54) is 32.1 Å². The lowest BCUT2D eigenvalue weighted by molar-refractivity contribution is -0.0111. The van der Waals surface area contributed by atoms with Crippen LogP contribution < -0.4 is 5.32 Å². The van der Waals surface area contributed by atoms with Crippen LogP contribution in [0.25, 0.3) is 0 Å². The third-order valence-corrected chi connectivity index (χ3v) is 5.33. The van der Waals surface area contributed by atoms with Crippen molar-refractivity contribution in [1.82, 2.24) is 15.1 Å². The fourth-order valence-electron chi connectivity index (χ4n) is 3.91. The Morgan fingerprint density at radius 1 is 1.29 bits per heavy atom. The van der Waals surface area contributed by atoms with Crippen molar-refractivity contribution in [3.05, 3.63) is 18.0 Å².